The standard InChI is InChI=1S/C26H38N4O3Si/c1-25(2)20-16-27-22(29-23(32)26(13-9-14-26)34(3,4)5)19(20)17-30(25)24(33)28-21(12-15-31)18-10-7-6-8-11-18/h6-8,10-11,21,31H,9,12-17H2,1-5H3,(H,28,33)(H,27,29,32)/t21-/m1/s1. The Labute approximate surface area is 203 Å². The Kier molecular flexibility index (Phi) is 6.50. The van der Waals surface area contributed by atoms with Gasteiger partial charge < -0.3 is 20.6 Å². The molecule has 1 aromatic carbocycles. The van der Waals surface area contributed by atoms with Crippen LogP contribution < -0.4 is 10.6 Å². The molecule has 3 aliphatic rings. The molecule has 4 rings (SSSR count). The first-order valence-electron chi connectivity index (χ1n) is 12.3. The number of benzene rings is 1. The van der Waals surface area contributed by atoms with Gasteiger partial charge in [0.25, 0.3) is 0 Å². The number of aliphatic imine (C=N–C) groups is 1. The third-order valence-electron chi connectivity index (χ3n) is 8.25. The lowest BCUT2D eigenvalue weighted by Crippen LogP contribution is -2.55. The highest BCUT2D eigenvalue weighted by molar-refractivity contribution is 6.82. The van der Waals surface area contributed by atoms with Gasteiger partial charge in [-0.15, -0.1) is 0 Å². The molecule has 1 saturated carbocycles. The number of nitrogens with one attached hydrogen (secondary N) is 2. The zero-order valence-electron chi connectivity index (χ0n) is 21.1. The predicted octanol–water partition coefficient (Wildman–Crippen LogP) is 4.00. The van der Waals surface area contributed by atoms with Crippen LogP contribution in [-0.4, -0.2) is 61.1 Å². The topological polar surface area (TPSA) is 94.0 Å². The van der Waals surface area contributed by atoms with Crippen molar-refractivity contribution in [2.45, 2.75) is 75.8 Å². The van der Waals surface area contributed by atoms with Crippen LogP contribution in [0.3, 0.4) is 0 Å². The van der Waals surface area contributed by atoms with Crippen molar-refractivity contribution in [2.24, 2.45) is 4.99 Å². The maximum atomic E-state index is 13.4. The summed E-state index contributed by atoms with van der Waals surface area (Å²) in [5.74, 6) is 0.751. The Hall–Kier alpha value is -2.45. The van der Waals surface area contributed by atoms with E-state index in [1.807, 2.05) is 49.1 Å². The van der Waals surface area contributed by atoms with Crippen LogP contribution >= 0.6 is 0 Å². The largest absolute Gasteiger partial charge is 0.396 e. The van der Waals surface area contributed by atoms with Gasteiger partial charge in [0, 0.05) is 17.2 Å². The highest BCUT2D eigenvalue weighted by Crippen LogP contribution is 2.55. The van der Waals surface area contributed by atoms with Crippen LogP contribution in [-0.2, 0) is 4.79 Å². The molecule has 0 spiro atoms. The quantitative estimate of drug-likeness (QED) is 0.535. The number of rotatable bonds is 6. The van der Waals surface area contributed by atoms with E-state index in [1.54, 1.807) is 0 Å². The number of amidine groups is 1. The van der Waals surface area contributed by atoms with E-state index in [0.29, 0.717) is 25.3 Å². The minimum Gasteiger partial charge on any atom is -0.396 e. The van der Waals surface area contributed by atoms with Crippen LogP contribution in [0.5, 0.6) is 0 Å². The lowest BCUT2D eigenvalue weighted by atomic mass is 9.83. The predicted molar refractivity (Wildman–Crippen MR) is 138 cm³/mol. The molecular weight excluding hydrogens is 444 g/mol. The first-order valence-corrected chi connectivity index (χ1v) is 15.8. The molecule has 0 aromatic heterocycles. The Morgan fingerprint density at radius 1 is 1.18 bits per heavy atom. The maximum absolute atomic E-state index is 13.4. The van der Waals surface area contributed by atoms with Crippen molar-refractivity contribution < 1.29 is 14.7 Å². The minimum atomic E-state index is -1.69. The number of amides is 3. The average molecular weight is 483 g/mol. The van der Waals surface area contributed by atoms with E-state index in [-0.39, 0.29) is 29.6 Å². The number of aliphatic hydroxyl groups is 1. The van der Waals surface area contributed by atoms with Gasteiger partial charge in [-0.2, -0.15) is 0 Å². The van der Waals surface area contributed by atoms with Crippen LogP contribution in [0.25, 0.3) is 0 Å². The second-order valence-electron chi connectivity index (χ2n) is 11.3. The summed E-state index contributed by atoms with van der Waals surface area (Å²) in [7, 11) is -1.69. The highest BCUT2D eigenvalue weighted by Gasteiger charge is 2.54. The van der Waals surface area contributed by atoms with Crippen molar-refractivity contribution in [3.63, 3.8) is 0 Å². The molecule has 0 saturated heterocycles. The molecule has 3 amide bonds. The number of urea groups is 1. The van der Waals surface area contributed by atoms with E-state index in [1.165, 1.54) is 0 Å². The van der Waals surface area contributed by atoms with Crippen LogP contribution in [0.4, 0.5) is 4.79 Å². The zero-order chi connectivity index (χ0) is 24.7. The normalized spacial score (nSPS) is 21.5. The summed E-state index contributed by atoms with van der Waals surface area (Å²) in [5, 5.41) is 15.6. The van der Waals surface area contributed by atoms with E-state index in [0.717, 1.165) is 36.0 Å². The number of carbonyl (C=O) groups is 2. The lowest BCUT2D eigenvalue weighted by molar-refractivity contribution is -0.125. The van der Waals surface area contributed by atoms with E-state index in [4.69, 9.17) is 0 Å². The fraction of sp³-hybridized carbons (Fsp3) is 0.577. The smallest absolute Gasteiger partial charge is 0.318 e. The van der Waals surface area contributed by atoms with Crippen LogP contribution in [0, 0.1) is 0 Å². The molecule has 7 nitrogen and oxygen atoms in total. The minimum absolute atomic E-state index is 0.0142. The molecule has 3 N–H and O–H groups in total. The molecule has 184 valence electrons. The molecular formula is C26H38N4O3Si. The molecule has 0 radical (unpaired) electrons. The van der Waals surface area contributed by atoms with Gasteiger partial charge in [-0.3, -0.25) is 9.79 Å². The maximum Gasteiger partial charge on any atom is 0.318 e. The number of aliphatic hydroxyl groups excluding tert-OH is 1. The second-order valence-corrected chi connectivity index (χ2v) is 16.8. The van der Waals surface area contributed by atoms with Gasteiger partial charge >= 0.3 is 6.03 Å². The van der Waals surface area contributed by atoms with Crippen molar-refractivity contribution in [2.75, 3.05) is 19.7 Å². The zero-order valence-corrected chi connectivity index (χ0v) is 22.1. The first-order chi connectivity index (χ1) is 16.0. The van der Waals surface area contributed by atoms with Crippen molar-refractivity contribution in [3.8, 4) is 0 Å². The van der Waals surface area contributed by atoms with Gasteiger partial charge in [0.05, 0.1) is 32.7 Å². The van der Waals surface area contributed by atoms with Gasteiger partial charge in [-0.1, -0.05) is 56.4 Å². The molecule has 1 atom stereocenters. The van der Waals surface area contributed by atoms with Gasteiger partial charge in [0.1, 0.15) is 5.84 Å². The molecule has 2 aliphatic heterocycles. The van der Waals surface area contributed by atoms with Crippen LogP contribution in [0.15, 0.2) is 46.5 Å². The molecule has 1 fully saturated rings. The monoisotopic (exact) mass is 482 g/mol. The van der Waals surface area contributed by atoms with Gasteiger partial charge in [0.2, 0.25) is 5.91 Å². The molecule has 1 aliphatic carbocycles. The lowest BCUT2D eigenvalue weighted by Gasteiger charge is -2.49. The summed E-state index contributed by atoms with van der Waals surface area (Å²) >= 11 is 0. The van der Waals surface area contributed by atoms with E-state index in [2.05, 4.69) is 35.3 Å². The Bertz CT molecular complexity index is 1020. The number of hydrogen-bond acceptors (Lipinski definition) is 4. The van der Waals surface area contributed by atoms with Gasteiger partial charge in [-0.05, 0) is 44.2 Å². The number of nitrogens with zero attached hydrogens (tertiary/aromatic N) is 2. The number of hydrogen-bond donors (Lipinski definition) is 3. The summed E-state index contributed by atoms with van der Waals surface area (Å²) in [6.45, 7) is 11.8. The van der Waals surface area contributed by atoms with Gasteiger partial charge in [0.15, 0.2) is 0 Å². The molecule has 0 unspecified atom stereocenters. The Morgan fingerprint density at radius 2 is 1.85 bits per heavy atom. The van der Waals surface area contributed by atoms with Crippen molar-refractivity contribution in [1.82, 2.24) is 15.5 Å². The molecule has 2 heterocycles. The van der Waals surface area contributed by atoms with E-state index < -0.39 is 13.6 Å². The van der Waals surface area contributed by atoms with E-state index in [9.17, 15) is 14.7 Å². The molecule has 0 bridgehead atoms. The van der Waals surface area contributed by atoms with Crippen LogP contribution in [0.2, 0.25) is 24.7 Å². The average Bonchev–Trinajstić information content (AvgIpc) is 3.24. The summed E-state index contributed by atoms with van der Waals surface area (Å²) in [6, 6.07) is 9.28. The molecule has 34 heavy (non-hydrogen) atoms. The fourth-order valence-corrected chi connectivity index (χ4v) is 8.22. The summed E-state index contributed by atoms with van der Waals surface area (Å²) in [6.07, 6.45) is 3.47. The highest BCUT2D eigenvalue weighted by atomic mass is 28.3. The third-order valence-corrected chi connectivity index (χ3v) is 11.8. The van der Waals surface area contributed by atoms with Gasteiger partial charge in [-0.25, -0.2) is 4.79 Å². The molecule has 1 aromatic rings. The summed E-state index contributed by atoms with van der Waals surface area (Å²) in [5.41, 5.74) is 2.51. The van der Waals surface area contributed by atoms with Crippen molar-refractivity contribution >= 4 is 25.8 Å². The first kappa shape index (κ1) is 24.7. The van der Waals surface area contributed by atoms with Crippen LogP contribution in [0.1, 0.15) is 51.1 Å². The summed E-state index contributed by atoms with van der Waals surface area (Å²) < 4.78 is 0. The Morgan fingerprint density at radius 3 is 2.41 bits per heavy atom. The molecule has 8 heteroatoms. The van der Waals surface area contributed by atoms with E-state index >= 15 is 0 Å². The second kappa shape index (κ2) is 8.96. The number of carbonyl (C=O) groups excluding carboxylic acids is 2. The van der Waals surface area contributed by atoms with Crippen molar-refractivity contribution in [1.29, 1.82) is 0 Å². The Balaban J connectivity index is 1.48. The fourth-order valence-electron chi connectivity index (χ4n) is 5.62. The van der Waals surface area contributed by atoms with Crippen molar-refractivity contribution in [3.05, 3.63) is 47.0 Å². The summed E-state index contributed by atoms with van der Waals surface area (Å²) in [4.78, 5) is 33.3. The third kappa shape index (κ3) is 4.11. The SMILES string of the molecule is CC1(C)C2=C(CN1C(=O)N[C@H](CCO)c1ccccc1)C(NC(=O)C1([Si](C)(C)C)CCC1)=NC2.